The lowest BCUT2D eigenvalue weighted by Crippen LogP contribution is -2.14. The summed E-state index contributed by atoms with van der Waals surface area (Å²) in [6.45, 7) is 2.81. The molecule has 1 aliphatic rings. The van der Waals surface area contributed by atoms with Crippen molar-refractivity contribution < 1.29 is 4.74 Å². The quantitative estimate of drug-likeness (QED) is 0.545. The highest BCUT2D eigenvalue weighted by atomic mass is 16.5. The standard InChI is InChI=1S/C8H12O/c1-2-9-8-6-4-3-5-7-8/h3-4,6-8H,2,5H2,1H3. The molecule has 0 aliphatic heterocycles. The van der Waals surface area contributed by atoms with Crippen LogP contribution in [0.15, 0.2) is 12.2 Å². The molecule has 1 unspecified atom stereocenters. The first-order valence-electron chi connectivity index (χ1n) is 3.38. The number of allylic oxidation sites excluding steroid dienone is 1. The Bertz CT molecular complexity index is 96.7. The molecule has 0 fully saturated rings. The highest BCUT2D eigenvalue weighted by Gasteiger charge is 2.08. The van der Waals surface area contributed by atoms with Gasteiger partial charge in [0, 0.05) is 13.0 Å². The van der Waals surface area contributed by atoms with Crippen LogP contribution in [0, 0.1) is 12.8 Å². The molecule has 0 heterocycles. The second-order valence-corrected chi connectivity index (χ2v) is 2.01. The van der Waals surface area contributed by atoms with Crippen molar-refractivity contribution in [1.29, 1.82) is 0 Å². The van der Waals surface area contributed by atoms with Gasteiger partial charge in [-0.25, -0.2) is 0 Å². The molecule has 1 atom stereocenters. The van der Waals surface area contributed by atoms with E-state index in [0.717, 1.165) is 13.0 Å². The first-order chi connectivity index (χ1) is 4.43. The van der Waals surface area contributed by atoms with Crippen LogP contribution < -0.4 is 0 Å². The van der Waals surface area contributed by atoms with Crippen LogP contribution in [0.1, 0.15) is 13.3 Å². The van der Waals surface area contributed by atoms with Gasteiger partial charge in [0.15, 0.2) is 0 Å². The number of hydrogen-bond donors (Lipinski definition) is 0. The second-order valence-electron chi connectivity index (χ2n) is 2.01. The van der Waals surface area contributed by atoms with Gasteiger partial charge in [-0.1, -0.05) is 12.2 Å². The molecule has 0 saturated carbocycles. The van der Waals surface area contributed by atoms with Crippen molar-refractivity contribution in [2.24, 2.45) is 0 Å². The Hall–Kier alpha value is -0.300. The predicted molar refractivity (Wildman–Crippen MR) is 37.8 cm³/mol. The van der Waals surface area contributed by atoms with E-state index in [0.29, 0.717) is 0 Å². The van der Waals surface area contributed by atoms with E-state index < -0.39 is 0 Å². The predicted octanol–water partition coefficient (Wildman–Crippen LogP) is 1.76. The van der Waals surface area contributed by atoms with Gasteiger partial charge in [0.1, 0.15) is 0 Å². The molecule has 9 heavy (non-hydrogen) atoms. The van der Waals surface area contributed by atoms with E-state index in [1.807, 2.05) is 6.92 Å². The maximum Gasteiger partial charge on any atom is 0.0678 e. The van der Waals surface area contributed by atoms with Crippen LogP contribution >= 0.6 is 0 Å². The first kappa shape index (κ1) is 6.81. The van der Waals surface area contributed by atoms with Gasteiger partial charge in [-0.15, -0.1) is 0 Å². The number of rotatable bonds is 2. The van der Waals surface area contributed by atoms with E-state index in [1.165, 1.54) is 0 Å². The van der Waals surface area contributed by atoms with E-state index >= 15 is 0 Å². The highest BCUT2D eigenvalue weighted by molar-refractivity contribution is 5.11. The molecule has 0 aromatic rings. The van der Waals surface area contributed by atoms with Crippen molar-refractivity contribution in [2.45, 2.75) is 19.4 Å². The molecule has 0 bridgehead atoms. The summed E-state index contributed by atoms with van der Waals surface area (Å²) in [6.07, 6.45) is 9.70. The molecular formula is C8H12O. The van der Waals surface area contributed by atoms with Gasteiger partial charge in [0.2, 0.25) is 0 Å². The van der Waals surface area contributed by atoms with Crippen LogP contribution in [0.3, 0.4) is 0 Å². The fourth-order valence-electron chi connectivity index (χ4n) is 0.874. The normalized spacial score (nSPS) is 26.6. The van der Waals surface area contributed by atoms with Crippen LogP contribution in [0.4, 0.5) is 0 Å². The average Bonchev–Trinajstić information content (AvgIpc) is 1.91. The summed E-state index contributed by atoms with van der Waals surface area (Å²) in [4.78, 5) is 0. The lowest BCUT2D eigenvalue weighted by molar-refractivity contribution is 0.107. The van der Waals surface area contributed by atoms with Crippen LogP contribution in [-0.2, 0) is 4.74 Å². The van der Waals surface area contributed by atoms with Gasteiger partial charge in [0.25, 0.3) is 0 Å². The lowest BCUT2D eigenvalue weighted by atomic mass is 10.1. The van der Waals surface area contributed by atoms with E-state index in [-0.39, 0.29) is 6.10 Å². The molecule has 0 spiro atoms. The van der Waals surface area contributed by atoms with Gasteiger partial charge >= 0.3 is 0 Å². The van der Waals surface area contributed by atoms with Gasteiger partial charge < -0.3 is 4.74 Å². The van der Waals surface area contributed by atoms with E-state index in [1.54, 1.807) is 0 Å². The van der Waals surface area contributed by atoms with Crippen molar-refractivity contribution in [1.82, 2.24) is 0 Å². The zero-order chi connectivity index (χ0) is 6.53. The Labute approximate surface area is 56.7 Å². The van der Waals surface area contributed by atoms with Gasteiger partial charge in [-0.3, -0.25) is 0 Å². The zero-order valence-electron chi connectivity index (χ0n) is 5.71. The minimum absolute atomic E-state index is 0.264. The summed E-state index contributed by atoms with van der Waals surface area (Å²) in [6, 6.07) is 0. The third-order valence-corrected chi connectivity index (χ3v) is 1.30. The molecular weight excluding hydrogens is 112 g/mol. The van der Waals surface area contributed by atoms with Crippen molar-refractivity contribution in [3.63, 3.8) is 0 Å². The third-order valence-electron chi connectivity index (χ3n) is 1.30. The molecule has 2 radical (unpaired) electrons. The molecule has 1 aliphatic carbocycles. The lowest BCUT2D eigenvalue weighted by Gasteiger charge is -2.15. The Morgan fingerprint density at radius 1 is 1.67 bits per heavy atom. The van der Waals surface area contributed by atoms with Crippen molar-refractivity contribution in [3.8, 4) is 0 Å². The average molecular weight is 124 g/mol. The summed E-state index contributed by atoms with van der Waals surface area (Å²) in [5.74, 6) is 0. The molecule has 0 aromatic carbocycles. The SMILES string of the molecule is CCOC1[CH]C=CC[CH]1. The summed E-state index contributed by atoms with van der Waals surface area (Å²) < 4.78 is 5.32. The monoisotopic (exact) mass is 124 g/mol. The molecule has 1 nitrogen and oxygen atoms in total. The third kappa shape index (κ3) is 2.19. The minimum atomic E-state index is 0.264. The topological polar surface area (TPSA) is 9.23 Å². The molecule has 1 rings (SSSR count). The molecule has 0 aromatic heterocycles. The maximum atomic E-state index is 5.32. The summed E-state index contributed by atoms with van der Waals surface area (Å²) in [5, 5.41) is 0. The van der Waals surface area contributed by atoms with Crippen LogP contribution in [0.25, 0.3) is 0 Å². The Morgan fingerprint density at radius 2 is 2.56 bits per heavy atom. The fraction of sp³-hybridized carbons (Fsp3) is 0.500. The van der Waals surface area contributed by atoms with Crippen molar-refractivity contribution in [2.75, 3.05) is 6.61 Å². The second kappa shape index (κ2) is 3.67. The van der Waals surface area contributed by atoms with Crippen LogP contribution in [0.5, 0.6) is 0 Å². The van der Waals surface area contributed by atoms with Crippen molar-refractivity contribution >= 4 is 0 Å². The van der Waals surface area contributed by atoms with E-state index in [2.05, 4.69) is 25.0 Å². The Morgan fingerprint density at radius 3 is 3.11 bits per heavy atom. The summed E-state index contributed by atoms with van der Waals surface area (Å²) in [5.41, 5.74) is 0. The molecule has 50 valence electrons. The molecule has 0 saturated heterocycles. The maximum absolute atomic E-state index is 5.32. The Kier molecular flexibility index (Phi) is 2.78. The molecule has 1 heteroatoms. The van der Waals surface area contributed by atoms with Gasteiger partial charge in [-0.05, 0) is 19.8 Å². The van der Waals surface area contributed by atoms with Crippen molar-refractivity contribution in [3.05, 3.63) is 25.0 Å². The van der Waals surface area contributed by atoms with E-state index in [4.69, 9.17) is 4.74 Å². The summed E-state index contributed by atoms with van der Waals surface area (Å²) >= 11 is 0. The Balaban J connectivity index is 2.18. The summed E-state index contributed by atoms with van der Waals surface area (Å²) in [7, 11) is 0. The largest absolute Gasteiger partial charge is 0.378 e. The van der Waals surface area contributed by atoms with E-state index in [9.17, 15) is 0 Å². The zero-order valence-corrected chi connectivity index (χ0v) is 5.71. The smallest absolute Gasteiger partial charge is 0.0678 e. The fourth-order valence-corrected chi connectivity index (χ4v) is 0.874. The van der Waals surface area contributed by atoms with Gasteiger partial charge in [0.05, 0.1) is 6.10 Å². The molecule has 0 amide bonds. The minimum Gasteiger partial charge on any atom is -0.378 e. The number of ether oxygens (including phenoxy) is 1. The van der Waals surface area contributed by atoms with Crippen LogP contribution in [-0.4, -0.2) is 12.7 Å². The molecule has 0 N–H and O–H groups in total. The van der Waals surface area contributed by atoms with Crippen LogP contribution in [0.2, 0.25) is 0 Å². The first-order valence-corrected chi connectivity index (χ1v) is 3.38. The van der Waals surface area contributed by atoms with Gasteiger partial charge in [-0.2, -0.15) is 0 Å². The highest BCUT2D eigenvalue weighted by Crippen LogP contribution is 2.11. The number of hydrogen-bond acceptors (Lipinski definition) is 1.